The minimum atomic E-state index is -0.263. The number of oxazole rings is 1. The first-order valence-corrected chi connectivity index (χ1v) is 5.86. The lowest BCUT2D eigenvalue weighted by atomic mass is 10.3. The molecule has 0 bridgehead atoms. The Bertz CT molecular complexity index is 446. The molecule has 0 aliphatic rings. The van der Waals surface area contributed by atoms with E-state index in [1.165, 1.54) is 0 Å². The summed E-state index contributed by atoms with van der Waals surface area (Å²) in [5, 5.41) is 9.22. The van der Waals surface area contributed by atoms with Gasteiger partial charge in [-0.1, -0.05) is 12.1 Å². The van der Waals surface area contributed by atoms with Gasteiger partial charge in [-0.25, -0.2) is 4.98 Å². The third kappa shape index (κ3) is 3.28. The van der Waals surface area contributed by atoms with Crippen molar-refractivity contribution in [2.45, 2.75) is 26.0 Å². The summed E-state index contributed by atoms with van der Waals surface area (Å²) in [5.41, 5.74) is 1.72. The average molecular weight is 234 g/mol. The lowest BCUT2D eigenvalue weighted by Crippen LogP contribution is -2.22. The molecular formula is C13H18N2O2. The molecule has 92 valence electrons. The SMILES string of the molecule is CC(O)CCN(C)Cc1nc2ccccc2o1. The molecule has 0 fully saturated rings. The van der Waals surface area contributed by atoms with E-state index in [2.05, 4.69) is 9.88 Å². The highest BCUT2D eigenvalue weighted by atomic mass is 16.3. The molecule has 17 heavy (non-hydrogen) atoms. The zero-order valence-electron chi connectivity index (χ0n) is 10.3. The molecule has 1 unspecified atom stereocenters. The second-order valence-corrected chi connectivity index (χ2v) is 4.45. The van der Waals surface area contributed by atoms with Crippen LogP contribution in [0.1, 0.15) is 19.2 Å². The Labute approximate surface area is 101 Å². The number of hydrogen-bond acceptors (Lipinski definition) is 4. The molecular weight excluding hydrogens is 216 g/mol. The van der Waals surface area contributed by atoms with Crippen LogP contribution in [-0.4, -0.2) is 34.7 Å². The monoisotopic (exact) mass is 234 g/mol. The largest absolute Gasteiger partial charge is 0.439 e. The molecule has 0 amide bonds. The summed E-state index contributed by atoms with van der Waals surface area (Å²) in [6.45, 7) is 3.30. The van der Waals surface area contributed by atoms with Crippen molar-refractivity contribution in [3.63, 3.8) is 0 Å². The second kappa shape index (κ2) is 5.29. The van der Waals surface area contributed by atoms with E-state index in [4.69, 9.17) is 4.42 Å². The Morgan fingerprint density at radius 2 is 2.18 bits per heavy atom. The fraction of sp³-hybridized carbons (Fsp3) is 0.462. The summed E-state index contributed by atoms with van der Waals surface area (Å²) < 4.78 is 5.63. The number of para-hydroxylation sites is 2. The number of rotatable bonds is 5. The van der Waals surface area contributed by atoms with Crippen LogP contribution in [-0.2, 0) is 6.54 Å². The van der Waals surface area contributed by atoms with E-state index in [0.717, 1.165) is 30.0 Å². The first kappa shape index (κ1) is 12.1. The highest BCUT2D eigenvalue weighted by Crippen LogP contribution is 2.15. The molecule has 0 aliphatic carbocycles. The van der Waals surface area contributed by atoms with Crippen LogP contribution in [0.4, 0.5) is 0 Å². The predicted molar refractivity (Wildman–Crippen MR) is 66.6 cm³/mol. The predicted octanol–water partition coefficient (Wildman–Crippen LogP) is 2.03. The summed E-state index contributed by atoms with van der Waals surface area (Å²) in [6.07, 6.45) is 0.498. The van der Waals surface area contributed by atoms with Crippen molar-refractivity contribution in [2.24, 2.45) is 0 Å². The van der Waals surface area contributed by atoms with Gasteiger partial charge in [0.2, 0.25) is 5.89 Å². The molecule has 4 heteroatoms. The lowest BCUT2D eigenvalue weighted by molar-refractivity contribution is 0.160. The van der Waals surface area contributed by atoms with Gasteiger partial charge in [-0.2, -0.15) is 0 Å². The Kier molecular flexibility index (Phi) is 3.76. The van der Waals surface area contributed by atoms with E-state index in [1.807, 2.05) is 31.3 Å². The van der Waals surface area contributed by atoms with E-state index in [1.54, 1.807) is 6.92 Å². The summed E-state index contributed by atoms with van der Waals surface area (Å²) in [5.74, 6) is 0.722. The molecule has 4 nitrogen and oxygen atoms in total. The Balaban J connectivity index is 1.98. The fourth-order valence-corrected chi connectivity index (χ4v) is 1.70. The molecule has 1 aromatic heterocycles. The highest BCUT2D eigenvalue weighted by Gasteiger charge is 2.08. The van der Waals surface area contributed by atoms with Crippen molar-refractivity contribution in [3.8, 4) is 0 Å². The molecule has 0 radical (unpaired) electrons. The van der Waals surface area contributed by atoms with Gasteiger partial charge in [-0.15, -0.1) is 0 Å². The molecule has 0 saturated heterocycles. The number of fused-ring (bicyclic) bond motifs is 1. The number of benzene rings is 1. The maximum atomic E-state index is 9.22. The second-order valence-electron chi connectivity index (χ2n) is 4.45. The van der Waals surface area contributed by atoms with Crippen LogP contribution >= 0.6 is 0 Å². The van der Waals surface area contributed by atoms with Gasteiger partial charge in [0.15, 0.2) is 5.58 Å². The molecule has 0 saturated carbocycles. The molecule has 1 atom stereocenters. The zero-order chi connectivity index (χ0) is 12.3. The molecule has 2 rings (SSSR count). The Morgan fingerprint density at radius 1 is 1.41 bits per heavy atom. The summed E-state index contributed by atoms with van der Waals surface area (Å²) >= 11 is 0. The highest BCUT2D eigenvalue weighted by molar-refractivity contribution is 5.72. The summed E-state index contributed by atoms with van der Waals surface area (Å²) in [4.78, 5) is 6.50. The van der Waals surface area contributed by atoms with E-state index < -0.39 is 0 Å². The third-order valence-corrected chi connectivity index (χ3v) is 2.67. The Hall–Kier alpha value is -1.39. The van der Waals surface area contributed by atoms with Crippen molar-refractivity contribution in [1.82, 2.24) is 9.88 Å². The Morgan fingerprint density at radius 3 is 2.88 bits per heavy atom. The standard InChI is InChI=1S/C13H18N2O2/c1-10(16)7-8-15(2)9-13-14-11-5-3-4-6-12(11)17-13/h3-6,10,16H,7-9H2,1-2H3. The van der Waals surface area contributed by atoms with Crippen molar-refractivity contribution in [3.05, 3.63) is 30.2 Å². The van der Waals surface area contributed by atoms with Gasteiger partial charge in [0.1, 0.15) is 5.52 Å². The first-order chi connectivity index (χ1) is 8.15. The number of aliphatic hydroxyl groups is 1. The fourth-order valence-electron chi connectivity index (χ4n) is 1.70. The van der Waals surface area contributed by atoms with E-state index in [-0.39, 0.29) is 6.10 Å². The van der Waals surface area contributed by atoms with Crippen LogP contribution in [0.25, 0.3) is 11.1 Å². The number of nitrogens with zero attached hydrogens (tertiary/aromatic N) is 2. The number of aliphatic hydroxyl groups excluding tert-OH is 1. The smallest absolute Gasteiger partial charge is 0.209 e. The van der Waals surface area contributed by atoms with Gasteiger partial charge in [0.05, 0.1) is 12.6 Å². The van der Waals surface area contributed by atoms with Gasteiger partial charge < -0.3 is 9.52 Å². The van der Waals surface area contributed by atoms with Crippen molar-refractivity contribution in [2.75, 3.05) is 13.6 Å². The molecule has 2 aromatic rings. The molecule has 0 aliphatic heterocycles. The minimum Gasteiger partial charge on any atom is -0.439 e. The lowest BCUT2D eigenvalue weighted by Gasteiger charge is -2.15. The number of hydrogen-bond donors (Lipinski definition) is 1. The zero-order valence-corrected chi connectivity index (χ0v) is 10.3. The molecule has 1 N–H and O–H groups in total. The van der Waals surface area contributed by atoms with E-state index in [0.29, 0.717) is 6.54 Å². The van der Waals surface area contributed by atoms with Gasteiger partial charge in [0.25, 0.3) is 0 Å². The maximum absolute atomic E-state index is 9.22. The van der Waals surface area contributed by atoms with Gasteiger partial charge in [-0.05, 0) is 32.5 Å². The first-order valence-electron chi connectivity index (χ1n) is 5.86. The van der Waals surface area contributed by atoms with Crippen molar-refractivity contribution in [1.29, 1.82) is 0 Å². The molecule has 0 spiro atoms. The van der Waals surface area contributed by atoms with Crippen LogP contribution in [0.5, 0.6) is 0 Å². The summed E-state index contributed by atoms with van der Waals surface area (Å²) in [7, 11) is 2.00. The van der Waals surface area contributed by atoms with E-state index in [9.17, 15) is 5.11 Å². The minimum absolute atomic E-state index is 0.263. The van der Waals surface area contributed by atoms with Crippen LogP contribution in [0.15, 0.2) is 28.7 Å². The van der Waals surface area contributed by atoms with Crippen LogP contribution in [0.3, 0.4) is 0 Å². The molecule has 1 aromatic carbocycles. The normalized spacial score (nSPS) is 13.4. The van der Waals surface area contributed by atoms with Crippen LogP contribution in [0.2, 0.25) is 0 Å². The van der Waals surface area contributed by atoms with Crippen LogP contribution < -0.4 is 0 Å². The van der Waals surface area contributed by atoms with E-state index >= 15 is 0 Å². The van der Waals surface area contributed by atoms with Crippen LogP contribution in [0, 0.1) is 0 Å². The summed E-state index contributed by atoms with van der Waals surface area (Å²) in [6, 6.07) is 7.75. The topological polar surface area (TPSA) is 49.5 Å². The van der Waals surface area contributed by atoms with Gasteiger partial charge in [-0.3, -0.25) is 4.90 Å². The van der Waals surface area contributed by atoms with Gasteiger partial charge >= 0.3 is 0 Å². The van der Waals surface area contributed by atoms with Gasteiger partial charge in [0, 0.05) is 6.54 Å². The van der Waals surface area contributed by atoms with Crippen molar-refractivity contribution < 1.29 is 9.52 Å². The maximum Gasteiger partial charge on any atom is 0.209 e. The quantitative estimate of drug-likeness (QED) is 0.860. The average Bonchev–Trinajstić information content (AvgIpc) is 2.68. The number of aromatic nitrogens is 1. The van der Waals surface area contributed by atoms with Crippen molar-refractivity contribution >= 4 is 11.1 Å². The molecule has 1 heterocycles. The third-order valence-electron chi connectivity index (χ3n) is 2.67.